The number of hydrogen-bond donors (Lipinski definition) is 1. The zero-order valence-corrected chi connectivity index (χ0v) is 10.9. The lowest BCUT2D eigenvalue weighted by atomic mass is 10.3. The van der Waals surface area contributed by atoms with Crippen LogP contribution in [0, 0.1) is 0 Å². The van der Waals surface area contributed by atoms with Gasteiger partial charge in [-0.15, -0.1) is 0 Å². The molecule has 2 aromatic carbocycles. The summed E-state index contributed by atoms with van der Waals surface area (Å²) >= 11 is 0. The van der Waals surface area contributed by atoms with Gasteiger partial charge in [0.15, 0.2) is 11.3 Å². The Morgan fingerprint density at radius 1 is 1.05 bits per heavy atom. The minimum absolute atomic E-state index is 0.0564. The van der Waals surface area contributed by atoms with Gasteiger partial charge in [0.25, 0.3) is 0 Å². The molecule has 0 fully saturated rings. The molecule has 0 unspecified atom stereocenters. The molecule has 0 saturated heterocycles. The van der Waals surface area contributed by atoms with Gasteiger partial charge < -0.3 is 9.92 Å². The molecule has 0 amide bonds. The summed E-state index contributed by atoms with van der Waals surface area (Å²) in [5, 5.41) is 7.16. The van der Waals surface area contributed by atoms with Gasteiger partial charge in [-0.05, 0) is 34.6 Å². The van der Waals surface area contributed by atoms with Crippen molar-refractivity contribution in [3.63, 3.8) is 0 Å². The first-order valence-corrected chi connectivity index (χ1v) is 6.99. The van der Waals surface area contributed by atoms with E-state index < -0.39 is 10.1 Å². The fourth-order valence-corrected chi connectivity index (χ4v) is 2.80. The highest BCUT2D eigenvalue weighted by atomic mass is 32.2. The quantitative estimate of drug-likeness (QED) is 0.576. The van der Waals surface area contributed by atoms with E-state index in [1.807, 2.05) is 0 Å². The second-order valence-corrected chi connectivity index (χ2v) is 5.48. The molecule has 0 saturated carbocycles. The molecule has 8 heteroatoms. The van der Waals surface area contributed by atoms with Crippen LogP contribution in [-0.4, -0.2) is 18.7 Å². The minimum Gasteiger partial charge on any atom is -0.396 e. The lowest BCUT2D eigenvalue weighted by Gasteiger charge is -2.08. The maximum atomic E-state index is 12.3. The summed E-state index contributed by atoms with van der Waals surface area (Å²) in [5.41, 5.74) is 6.33. The number of anilines is 1. The van der Waals surface area contributed by atoms with Gasteiger partial charge in [0, 0.05) is 0 Å². The summed E-state index contributed by atoms with van der Waals surface area (Å²) in [4.78, 5) is -0.125. The molecule has 3 aromatic rings. The maximum Gasteiger partial charge on any atom is 0.341 e. The molecular formula is C12H9N3O4S. The molecule has 0 spiro atoms. The molecule has 20 heavy (non-hydrogen) atoms. The van der Waals surface area contributed by atoms with Crippen molar-refractivity contribution in [3.8, 4) is 5.75 Å². The van der Waals surface area contributed by atoms with E-state index in [0.29, 0.717) is 5.52 Å². The van der Waals surface area contributed by atoms with Crippen molar-refractivity contribution in [3.05, 3.63) is 42.5 Å². The molecule has 0 bridgehead atoms. The first-order chi connectivity index (χ1) is 9.58. The Morgan fingerprint density at radius 3 is 2.65 bits per heavy atom. The molecule has 0 radical (unpaired) electrons. The summed E-state index contributed by atoms with van der Waals surface area (Å²) < 4.78 is 34.1. The van der Waals surface area contributed by atoms with Crippen molar-refractivity contribution in [2.24, 2.45) is 0 Å². The maximum absolute atomic E-state index is 12.3. The molecule has 1 aromatic heterocycles. The van der Waals surface area contributed by atoms with Crippen LogP contribution < -0.4 is 9.92 Å². The number of nitrogen functional groups attached to an aromatic ring is 1. The Kier molecular flexibility index (Phi) is 2.79. The van der Waals surface area contributed by atoms with Gasteiger partial charge in [0.1, 0.15) is 10.4 Å². The Labute approximate surface area is 114 Å². The minimum atomic E-state index is -4.07. The van der Waals surface area contributed by atoms with Crippen molar-refractivity contribution in [1.82, 2.24) is 10.3 Å². The van der Waals surface area contributed by atoms with E-state index in [1.165, 1.54) is 18.2 Å². The molecule has 102 valence electrons. The summed E-state index contributed by atoms with van der Waals surface area (Å²) in [6, 6.07) is 10.8. The Morgan fingerprint density at radius 2 is 1.85 bits per heavy atom. The van der Waals surface area contributed by atoms with Crippen LogP contribution in [0.5, 0.6) is 5.75 Å². The zero-order chi connectivity index (χ0) is 14.2. The van der Waals surface area contributed by atoms with Crippen molar-refractivity contribution >= 4 is 26.8 Å². The van der Waals surface area contributed by atoms with Gasteiger partial charge in [-0.1, -0.05) is 18.2 Å². The second-order valence-electron chi connectivity index (χ2n) is 3.96. The molecular weight excluding hydrogens is 282 g/mol. The van der Waals surface area contributed by atoms with Crippen LogP contribution in [0.3, 0.4) is 0 Å². The highest BCUT2D eigenvalue weighted by Crippen LogP contribution is 2.27. The van der Waals surface area contributed by atoms with Crippen molar-refractivity contribution < 1.29 is 17.2 Å². The van der Waals surface area contributed by atoms with Crippen LogP contribution in [0.15, 0.2) is 52.0 Å². The monoisotopic (exact) mass is 291 g/mol. The van der Waals surface area contributed by atoms with Gasteiger partial charge in [-0.3, -0.25) is 0 Å². The van der Waals surface area contributed by atoms with E-state index in [-0.39, 0.29) is 21.8 Å². The first-order valence-electron chi connectivity index (χ1n) is 5.58. The summed E-state index contributed by atoms with van der Waals surface area (Å²) in [7, 11) is -4.07. The zero-order valence-electron chi connectivity index (χ0n) is 10.1. The topological polar surface area (TPSA) is 108 Å². The van der Waals surface area contributed by atoms with Crippen molar-refractivity contribution in [1.29, 1.82) is 0 Å². The molecule has 0 atom stereocenters. The normalized spacial score (nSPS) is 11.6. The lowest BCUT2D eigenvalue weighted by Crippen LogP contribution is -2.11. The smallest absolute Gasteiger partial charge is 0.341 e. The number of aromatic nitrogens is 2. The number of fused-ring (bicyclic) bond motifs is 1. The first kappa shape index (κ1) is 12.4. The van der Waals surface area contributed by atoms with Crippen molar-refractivity contribution in [2.75, 3.05) is 5.73 Å². The number of benzene rings is 2. The lowest BCUT2D eigenvalue weighted by molar-refractivity contribution is 0.315. The Bertz CT molecular complexity index is 873. The molecule has 2 N–H and O–H groups in total. The third-order valence-electron chi connectivity index (χ3n) is 2.64. The van der Waals surface area contributed by atoms with Gasteiger partial charge in [-0.25, -0.2) is 4.63 Å². The van der Waals surface area contributed by atoms with E-state index in [9.17, 15) is 8.42 Å². The average molecular weight is 291 g/mol. The predicted octanol–water partition coefficient (Wildman–Crippen LogP) is 1.57. The van der Waals surface area contributed by atoms with Gasteiger partial charge in [0.05, 0.1) is 5.69 Å². The van der Waals surface area contributed by atoms with Crippen LogP contribution in [-0.2, 0) is 10.1 Å². The van der Waals surface area contributed by atoms with Gasteiger partial charge in [-0.2, -0.15) is 8.42 Å². The number of nitrogens with two attached hydrogens (primary N) is 1. The number of hydrogen-bond acceptors (Lipinski definition) is 7. The van der Waals surface area contributed by atoms with Gasteiger partial charge >= 0.3 is 10.1 Å². The molecule has 0 aliphatic carbocycles. The highest BCUT2D eigenvalue weighted by molar-refractivity contribution is 7.87. The predicted molar refractivity (Wildman–Crippen MR) is 70.5 cm³/mol. The summed E-state index contributed by atoms with van der Waals surface area (Å²) in [6.45, 7) is 0. The van der Waals surface area contributed by atoms with Crippen molar-refractivity contribution in [2.45, 2.75) is 4.90 Å². The van der Waals surface area contributed by atoms with E-state index in [2.05, 4.69) is 14.9 Å². The fraction of sp³-hybridized carbons (Fsp3) is 0. The van der Waals surface area contributed by atoms with E-state index in [1.54, 1.807) is 24.3 Å². The van der Waals surface area contributed by atoms with E-state index in [0.717, 1.165) is 0 Å². The summed E-state index contributed by atoms with van der Waals surface area (Å²) in [6.07, 6.45) is 0. The van der Waals surface area contributed by atoms with Crippen LogP contribution >= 0.6 is 0 Å². The van der Waals surface area contributed by atoms with E-state index in [4.69, 9.17) is 9.92 Å². The fourth-order valence-electron chi connectivity index (χ4n) is 1.70. The molecule has 0 aliphatic heterocycles. The third kappa shape index (κ3) is 2.05. The number of rotatable bonds is 3. The Balaban J connectivity index is 2.09. The largest absolute Gasteiger partial charge is 0.396 e. The molecule has 7 nitrogen and oxygen atoms in total. The SMILES string of the molecule is Nc1ccccc1OS(=O)(=O)c1cccc2nonc12. The van der Waals surface area contributed by atoms with Crippen LogP contribution in [0.1, 0.15) is 0 Å². The molecule has 0 aliphatic rings. The van der Waals surface area contributed by atoms with Crippen LogP contribution in [0.2, 0.25) is 0 Å². The third-order valence-corrected chi connectivity index (χ3v) is 3.90. The number of para-hydroxylation sites is 2. The summed E-state index contributed by atoms with van der Waals surface area (Å²) in [5.74, 6) is 0.0564. The standard InChI is InChI=1S/C12H9N3O4S/c13-8-4-1-2-6-10(8)18-20(16,17)11-7-3-5-9-12(11)15-19-14-9/h1-7H,13H2. The molecule has 3 rings (SSSR count). The average Bonchev–Trinajstić information content (AvgIpc) is 2.89. The van der Waals surface area contributed by atoms with Crippen LogP contribution in [0.25, 0.3) is 11.0 Å². The second kappa shape index (κ2) is 4.49. The van der Waals surface area contributed by atoms with Gasteiger partial charge in [0.2, 0.25) is 0 Å². The van der Waals surface area contributed by atoms with E-state index >= 15 is 0 Å². The highest BCUT2D eigenvalue weighted by Gasteiger charge is 2.23. The Hall–Kier alpha value is -2.61. The molecule has 1 heterocycles. The number of nitrogens with zero attached hydrogens (tertiary/aromatic N) is 2. The van der Waals surface area contributed by atoms with Crippen LogP contribution in [0.4, 0.5) is 5.69 Å².